The van der Waals surface area contributed by atoms with E-state index < -0.39 is 0 Å². The van der Waals surface area contributed by atoms with E-state index in [1.54, 1.807) is 6.08 Å². The number of aryl methyl sites for hydroxylation is 1. The first-order chi connectivity index (χ1) is 9.24. The number of ether oxygens (including phenoxy) is 1. The zero-order chi connectivity index (χ0) is 13.5. The van der Waals surface area contributed by atoms with Crippen LogP contribution in [-0.4, -0.2) is 43.5 Å². The van der Waals surface area contributed by atoms with E-state index in [0.717, 1.165) is 38.4 Å². The molecule has 0 aromatic heterocycles. The molecule has 1 fully saturated rings. The summed E-state index contributed by atoms with van der Waals surface area (Å²) in [6.07, 6.45) is 4.16. The number of hydrogen-bond donors (Lipinski definition) is 0. The second-order valence-electron chi connectivity index (χ2n) is 4.91. The van der Waals surface area contributed by atoms with Gasteiger partial charge in [-0.25, -0.2) is 0 Å². The van der Waals surface area contributed by atoms with Gasteiger partial charge in [-0.1, -0.05) is 35.9 Å². The van der Waals surface area contributed by atoms with Crippen molar-refractivity contribution in [1.29, 1.82) is 0 Å². The predicted molar refractivity (Wildman–Crippen MR) is 77.1 cm³/mol. The minimum Gasteiger partial charge on any atom is -0.379 e. The van der Waals surface area contributed by atoms with E-state index in [9.17, 15) is 4.79 Å². The Hall–Kier alpha value is -1.45. The summed E-state index contributed by atoms with van der Waals surface area (Å²) in [5, 5.41) is 0. The quantitative estimate of drug-likeness (QED) is 0.760. The van der Waals surface area contributed by atoms with E-state index in [2.05, 4.69) is 24.0 Å². The van der Waals surface area contributed by atoms with Crippen LogP contribution in [0, 0.1) is 6.92 Å². The molecule has 0 radical (unpaired) electrons. The summed E-state index contributed by atoms with van der Waals surface area (Å²) in [5.74, 6) is 0.187. The highest BCUT2D eigenvalue weighted by atomic mass is 16.5. The third kappa shape index (κ3) is 4.97. The maximum atomic E-state index is 11.8. The van der Waals surface area contributed by atoms with Crippen molar-refractivity contribution in [3.63, 3.8) is 0 Å². The van der Waals surface area contributed by atoms with Crippen LogP contribution in [-0.2, 0) is 9.53 Å². The summed E-state index contributed by atoms with van der Waals surface area (Å²) in [6.45, 7) is 6.34. The molecule has 0 spiro atoms. The highest BCUT2D eigenvalue weighted by Gasteiger charge is 2.10. The third-order valence-corrected chi connectivity index (χ3v) is 3.32. The molecule has 0 amide bonds. The first-order valence-electron chi connectivity index (χ1n) is 6.82. The van der Waals surface area contributed by atoms with Crippen molar-refractivity contribution in [1.82, 2.24) is 4.90 Å². The minimum absolute atomic E-state index is 0.187. The van der Waals surface area contributed by atoms with Crippen LogP contribution in [0.15, 0.2) is 30.3 Å². The number of morpholine rings is 1. The number of carbonyl (C=O) groups is 1. The fourth-order valence-electron chi connectivity index (χ4n) is 2.04. The predicted octanol–water partition coefficient (Wildman–Crippen LogP) is 2.30. The molecular weight excluding hydrogens is 238 g/mol. The van der Waals surface area contributed by atoms with Gasteiger partial charge in [0.2, 0.25) is 0 Å². The Morgan fingerprint density at radius 1 is 1.26 bits per heavy atom. The largest absolute Gasteiger partial charge is 0.379 e. The lowest BCUT2D eigenvalue weighted by Crippen LogP contribution is -2.37. The molecule has 1 aromatic carbocycles. The number of rotatable bonds is 5. The first kappa shape index (κ1) is 14.0. The molecule has 1 aromatic rings. The van der Waals surface area contributed by atoms with Gasteiger partial charge in [-0.15, -0.1) is 0 Å². The van der Waals surface area contributed by atoms with Crippen molar-refractivity contribution in [2.75, 3.05) is 32.8 Å². The molecule has 1 aliphatic heterocycles. The third-order valence-electron chi connectivity index (χ3n) is 3.32. The Morgan fingerprint density at radius 3 is 2.63 bits per heavy atom. The Morgan fingerprint density at radius 2 is 1.95 bits per heavy atom. The van der Waals surface area contributed by atoms with Crippen LogP contribution in [0.25, 0.3) is 6.08 Å². The van der Waals surface area contributed by atoms with Crippen LogP contribution in [0.3, 0.4) is 0 Å². The summed E-state index contributed by atoms with van der Waals surface area (Å²) in [7, 11) is 0. The van der Waals surface area contributed by atoms with Crippen LogP contribution in [0.1, 0.15) is 17.5 Å². The summed E-state index contributed by atoms with van der Waals surface area (Å²) in [4.78, 5) is 14.1. The number of benzene rings is 1. The van der Waals surface area contributed by atoms with Crippen molar-refractivity contribution in [3.8, 4) is 0 Å². The van der Waals surface area contributed by atoms with Gasteiger partial charge in [0.15, 0.2) is 5.78 Å². The number of nitrogens with zero attached hydrogens (tertiary/aromatic N) is 1. The molecule has 1 saturated heterocycles. The Bertz CT molecular complexity index is 431. The van der Waals surface area contributed by atoms with Gasteiger partial charge < -0.3 is 4.74 Å². The summed E-state index contributed by atoms with van der Waals surface area (Å²) < 4.78 is 5.28. The fourth-order valence-corrected chi connectivity index (χ4v) is 2.04. The molecule has 1 heterocycles. The van der Waals surface area contributed by atoms with Crippen LogP contribution in [0.5, 0.6) is 0 Å². The molecule has 0 N–H and O–H groups in total. The molecule has 0 unspecified atom stereocenters. The van der Waals surface area contributed by atoms with Gasteiger partial charge in [0, 0.05) is 26.1 Å². The van der Waals surface area contributed by atoms with Crippen LogP contribution < -0.4 is 0 Å². The van der Waals surface area contributed by atoms with Crippen LogP contribution >= 0.6 is 0 Å². The van der Waals surface area contributed by atoms with Crippen molar-refractivity contribution in [2.45, 2.75) is 13.3 Å². The lowest BCUT2D eigenvalue weighted by Gasteiger charge is -2.25. The molecule has 0 aliphatic carbocycles. The molecular formula is C16H21NO2. The number of ketones is 1. The van der Waals surface area contributed by atoms with E-state index in [-0.39, 0.29) is 5.78 Å². The molecule has 1 aliphatic rings. The minimum atomic E-state index is 0.187. The van der Waals surface area contributed by atoms with Crippen LogP contribution in [0.2, 0.25) is 0 Å². The number of allylic oxidation sites excluding steroid dienone is 1. The normalized spacial score (nSPS) is 16.9. The van der Waals surface area contributed by atoms with Crippen molar-refractivity contribution >= 4 is 11.9 Å². The van der Waals surface area contributed by atoms with E-state index in [0.29, 0.717) is 6.42 Å². The van der Waals surface area contributed by atoms with E-state index in [4.69, 9.17) is 4.74 Å². The molecule has 3 nitrogen and oxygen atoms in total. The maximum Gasteiger partial charge on any atom is 0.156 e. The van der Waals surface area contributed by atoms with E-state index in [1.807, 2.05) is 18.2 Å². The lowest BCUT2D eigenvalue weighted by molar-refractivity contribution is -0.115. The number of hydrogen-bond acceptors (Lipinski definition) is 3. The molecule has 19 heavy (non-hydrogen) atoms. The topological polar surface area (TPSA) is 29.5 Å². The fraction of sp³-hybridized carbons (Fsp3) is 0.438. The highest BCUT2D eigenvalue weighted by molar-refractivity contribution is 5.93. The van der Waals surface area contributed by atoms with Gasteiger partial charge in [0.1, 0.15) is 0 Å². The molecule has 2 rings (SSSR count). The van der Waals surface area contributed by atoms with Gasteiger partial charge in [0.25, 0.3) is 0 Å². The van der Waals surface area contributed by atoms with Gasteiger partial charge in [-0.05, 0) is 18.6 Å². The maximum absolute atomic E-state index is 11.8. The second-order valence-corrected chi connectivity index (χ2v) is 4.91. The van der Waals surface area contributed by atoms with Gasteiger partial charge in [0.05, 0.1) is 13.2 Å². The average molecular weight is 259 g/mol. The Balaban J connectivity index is 1.75. The molecule has 0 saturated carbocycles. The summed E-state index contributed by atoms with van der Waals surface area (Å²) in [5.41, 5.74) is 2.31. The standard InChI is InChI=1S/C16H21NO2/c1-14-2-4-15(5-3-14)6-7-16(18)8-9-17-10-12-19-13-11-17/h2-7H,8-13H2,1H3/b7-6+. The van der Waals surface area contributed by atoms with Gasteiger partial charge in [-0.2, -0.15) is 0 Å². The zero-order valence-corrected chi connectivity index (χ0v) is 11.5. The van der Waals surface area contributed by atoms with E-state index >= 15 is 0 Å². The monoisotopic (exact) mass is 259 g/mol. The van der Waals surface area contributed by atoms with Crippen molar-refractivity contribution < 1.29 is 9.53 Å². The smallest absolute Gasteiger partial charge is 0.156 e. The SMILES string of the molecule is Cc1ccc(/C=C/C(=O)CCN2CCOCC2)cc1. The van der Waals surface area contributed by atoms with E-state index in [1.165, 1.54) is 5.56 Å². The second kappa shape index (κ2) is 7.22. The summed E-state index contributed by atoms with van der Waals surface area (Å²) >= 11 is 0. The van der Waals surface area contributed by atoms with Crippen molar-refractivity contribution in [2.24, 2.45) is 0 Å². The number of carbonyl (C=O) groups excluding carboxylic acids is 1. The highest BCUT2D eigenvalue weighted by Crippen LogP contribution is 2.06. The Kier molecular flexibility index (Phi) is 5.31. The van der Waals surface area contributed by atoms with Gasteiger partial charge in [-0.3, -0.25) is 9.69 Å². The zero-order valence-electron chi connectivity index (χ0n) is 11.5. The molecule has 0 bridgehead atoms. The summed E-state index contributed by atoms with van der Waals surface area (Å²) in [6, 6.07) is 8.16. The van der Waals surface area contributed by atoms with Crippen molar-refractivity contribution in [3.05, 3.63) is 41.5 Å². The van der Waals surface area contributed by atoms with Gasteiger partial charge >= 0.3 is 0 Å². The lowest BCUT2D eigenvalue weighted by atomic mass is 10.1. The first-order valence-corrected chi connectivity index (χ1v) is 6.82. The Labute approximate surface area is 114 Å². The van der Waals surface area contributed by atoms with Crippen LogP contribution in [0.4, 0.5) is 0 Å². The molecule has 0 atom stereocenters. The average Bonchev–Trinajstić information content (AvgIpc) is 2.45. The molecule has 3 heteroatoms. The molecule has 102 valence electrons.